The molecule has 2 rings (SSSR count). The van der Waals surface area contributed by atoms with Crippen LogP contribution in [0.15, 0.2) is 48.5 Å². The van der Waals surface area contributed by atoms with Crippen LogP contribution in [0, 0.1) is 0 Å². The molecule has 35 heavy (non-hydrogen) atoms. The second-order valence-corrected chi connectivity index (χ2v) is 8.42. The van der Waals surface area contributed by atoms with E-state index in [1.165, 1.54) is 24.3 Å². The Balaban J connectivity index is 1.80. The Morgan fingerprint density at radius 1 is 0.943 bits per heavy atom. The molecule has 10 heteroatoms. The van der Waals surface area contributed by atoms with Crippen molar-refractivity contribution in [1.29, 1.82) is 0 Å². The number of nitrogens with one attached hydrogen (secondary N) is 3. The van der Waals surface area contributed by atoms with Gasteiger partial charge in [0.25, 0.3) is 5.91 Å². The maximum atomic E-state index is 12.4. The second kappa shape index (κ2) is 13.0. The topological polar surface area (TPSA) is 132 Å². The van der Waals surface area contributed by atoms with Crippen LogP contribution in [-0.2, 0) is 20.8 Å². The van der Waals surface area contributed by atoms with Gasteiger partial charge in [-0.2, -0.15) is 0 Å². The minimum atomic E-state index is -0.809. The van der Waals surface area contributed by atoms with E-state index in [-0.39, 0.29) is 43.7 Å². The van der Waals surface area contributed by atoms with E-state index in [1.807, 2.05) is 6.07 Å². The van der Waals surface area contributed by atoms with Gasteiger partial charge in [-0.3, -0.25) is 9.59 Å². The molecule has 10 nitrogen and oxygen atoms in total. The molecule has 188 valence electrons. The highest BCUT2D eigenvalue weighted by molar-refractivity contribution is 5.94. The molecule has 2 aromatic carbocycles. The molecule has 0 aliphatic heterocycles. The molecule has 0 atom stereocenters. The molecule has 0 saturated heterocycles. The van der Waals surface area contributed by atoms with E-state index in [1.54, 1.807) is 45.9 Å². The fourth-order valence-corrected chi connectivity index (χ4v) is 2.78. The number of amides is 3. The first-order chi connectivity index (χ1) is 16.6. The molecule has 0 saturated carbocycles. The van der Waals surface area contributed by atoms with Gasteiger partial charge in [0.2, 0.25) is 5.91 Å². The average molecular weight is 486 g/mol. The van der Waals surface area contributed by atoms with Crippen molar-refractivity contribution in [3.63, 3.8) is 0 Å². The van der Waals surface area contributed by atoms with Gasteiger partial charge in [0.1, 0.15) is 11.4 Å². The largest absolute Gasteiger partial charge is 0.513 e. The molecular formula is C25H31N3O7. The summed E-state index contributed by atoms with van der Waals surface area (Å²) in [5, 5.41) is 8.09. The molecular weight excluding hydrogens is 454 g/mol. The van der Waals surface area contributed by atoms with Gasteiger partial charge in [-0.25, -0.2) is 9.59 Å². The van der Waals surface area contributed by atoms with Crippen molar-refractivity contribution in [2.45, 2.75) is 46.3 Å². The van der Waals surface area contributed by atoms with Crippen LogP contribution in [-0.4, -0.2) is 42.8 Å². The number of carbonyl (C=O) groups excluding carboxylic acids is 4. The molecule has 0 radical (unpaired) electrons. The summed E-state index contributed by atoms with van der Waals surface area (Å²) in [6, 6.07) is 13.1. The fourth-order valence-electron chi connectivity index (χ4n) is 2.78. The Labute approximate surface area is 204 Å². The molecule has 0 bridgehead atoms. The predicted octanol–water partition coefficient (Wildman–Crippen LogP) is 4.01. The first-order valence-corrected chi connectivity index (χ1v) is 11.1. The second-order valence-electron chi connectivity index (χ2n) is 8.42. The standard InChI is InChI=1S/C25H31N3O7/c1-5-33-24(32)34-20-11-9-18(10-12-20)22(30)27-16-17-7-6-8-19(15-17)28-21(29)13-14-26-23(31)35-25(2,3)4/h6-12,15H,5,13-14,16H2,1-4H3,(H,26,31)(H,27,30)(H,28,29). The van der Waals surface area contributed by atoms with Crippen LogP contribution in [0.1, 0.15) is 50.0 Å². The van der Waals surface area contributed by atoms with E-state index in [2.05, 4.69) is 16.0 Å². The number of hydrogen-bond donors (Lipinski definition) is 3. The van der Waals surface area contributed by atoms with Gasteiger partial charge in [0.05, 0.1) is 6.61 Å². The van der Waals surface area contributed by atoms with E-state index in [0.29, 0.717) is 11.3 Å². The zero-order valence-electron chi connectivity index (χ0n) is 20.3. The normalized spacial score (nSPS) is 10.6. The van der Waals surface area contributed by atoms with E-state index in [0.717, 1.165) is 5.56 Å². The monoisotopic (exact) mass is 485 g/mol. The number of ether oxygens (including phenoxy) is 3. The Morgan fingerprint density at radius 3 is 2.31 bits per heavy atom. The van der Waals surface area contributed by atoms with Crippen LogP contribution >= 0.6 is 0 Å². The Hall–Kier alpha value is -4.08. The van der Waals surface area contributed by atoms with E-state index < -0.39 is 17.8 Å². The lowest BCUT2D eigenvalue weighted by Crippen LogP contribution is -2.34. The number of anilines is 1. The molecule has 2 aromatic rings. The number of benzene rings is 2. The molecule has 3 amide bonds. The minimum absolute atomic E-state index is 0.0794. The lowest BCUT2D eigenvalue weighted by molar-refractivity contribution is -0.116. The quantitative estimate of drug-likeness (QED) is 0.361. The zero-order chi connectivity index (χ0) is 25.8. The smallest absolute Gasteiger partial charge is 0.444 e. The van der Waals surface area contributed by atoms with Crippen molar-refractivity contribution in [2.24, 2.45) is 0 Å². The van der Waals surface area contributed by atoms with Crippen molar-refractivity contribution >= 4 is 29.8 Å². The first kappa shape index (κ1) is 27.2. The van der Waals surface area contributed by atoms with Gasteiger partial charge in [0, 0.05) is 30.8 Å². The summed E-state index contributed by atoms with van der Waals surface area (Å²) < 4.78 is 14.8. The third-order valence-electron chi connectivity index (χ3n) is 4.26. The third-order valence-corrected chi connectivity index (χ3v) is 4.26. The van der Waals surface area contributed by atoms with E-state index >= 15 is 0 Å². The third kappa shape index (κ3) is 10.6. The summed E-state index contributed by atoms with van der Waals surface area (Å²) in [7, 11) is 0. The van der Waals surface area contributed by atoms with Crippen LogP contribution in [0.2, 0.25) is 0 Å². The molecule has 0 heterocycles. The fraction of sp³-hybridized carbons (Fsp3) is 0.360. The zero-order valence-corrected chi connectivity index (χ0v) is 20.3. The summed E-state index contributed by atoms with van der Waals surface area (Å²) >= 11 is 0. The maximum Gasteiger partial charge on any atom is 0.513 e. The Bertz CT molecular complexity index is 1030. The molecule has 0 aliphatic carbocycles. The van der Waals surface area contributed by atoms with Crippen LogP contribution in [0.5, 0.6) is 5.75 Å². The van der Waals surface area contributed by atoms with Crippen molar-refractivity contribution in [2.75, 3.05) is 18.5 Å². The Morgan fingerprint density at radius 2 is 1.66 bits per heavy atom. The van der Waals surface area contributed by atoms with Gasteiger partial charge >= 0.3 is 12.2 Å². The highest BCUT2D eigenvalue weighted by Crippen LogP contribution is 2.14. The van der Waals surface area contributed by atoms with Gasteiger partial charge in [-0.15, -0.1) is 0 Å². The van der Waals surface area contributed by atoms with Crippen molar-refractivity contribution in [3.8, 4) is 5.75 Å². The molecule has 3 N–H and O–H groups in total. The number of rotatable bonds is 9. The SMILES string of the molecule is CCOC(=O)Oc1ccc(C(=O)NCc2cccc(NC(=O)CCNC(=O)OC(C)(C)C)c2)cc1. The van der Waals surface area contributed by atoms with Crippen molar-refractivity contribution < 1.29 is 33.4 Å². The van der Waals surface area contributed by atoms with Gasteiger partial charge in [0.15, 0.2) is 0 Å². The average Bonchev–Trinajstić information content (AvgIpc) is 2.77. The number of carbonyl (C=O) groups is 4. The van der Waals surface area contributed by atoms with Crippen LogP contribution < -0.4 is 20.7 Å². The van der Waals surface area contributed by atoms with E-state index in [9.17, 15) is 19.2 Å². The summed E-state index contributed by atoms with van der Waals surface area (Å²) in [4.78, 5) is 47.5. The van der Waals surface area contributed by atoms with Crippen LogP contribution in [0.4, 0.5) is 15.3 Å². The predicted molar refractivity (Wildman–Crippen MR) is 129 cm³/mol. The van der Waals surface area contributed by atoms with Crippen molar-refractivity contribution in [1.82, 2.24) is 10.6 Å². The van der Waals surface area contributed by atoms with Crippen LogP contribution in [0.25, 0.3) is 0 Å². The van der Waals surface area contributed by atoms with Crippen LogP contribution in [0.3, 0.4) is 0 Å². The molecule has 0 unspecified atom stereocenters. The van der Waals surface area contributed by atoms with Gasteiger partial charge < -0.3 is 30.2 Å². The first-order valence-electron chi connectivity index (χ1n) is 11.1. The van der Waals surface area contributed by atoms with Gasteiger partial charge in [-0.1, -0.05) is 12.1 Å². The summed E-state index contributed by atoms with van der Waals surface area (Å²) in [5.74, 6) is -0.313. The number of hydrogen-bond acceptors (Lipinski definition) is 7. The van der Waals surface area contributed by atoms with Gasteiger partial charge in [-0.05, 0) is 69.7 Å². The highest BCUT2D eigenvalue weighted by Gasteiger charge is 2.16. The molecule has 0 fully saturated rings. The molecule has 0 aliphatic rings. The minimum Gasteiger partial charge on any atom is -0.444 e. The number of alkyl carbamates (subject to hydrolysis) is 1. The van der Waals surface area contributed by atoms with Crippen molar-refractivity contribution in [3.05, 3.63) is 59.7 Å². The summed E-state index contributed by atoms with van der Waals surface area (Å²) in [6.07, 6.45) is -1.31. The lowest BCUT2D eigenvalue weighted by Gasteiger charge is -2.19. The maximum absolute atomic E-state index is 12.4. The Kier molecular flexibility index (Phi) is 10.1. The van der Waals surface area contributed by atoms with E-state index in [4.69, 9.17) is 14.2 Å². The molecule has 0 aromatic heterocycles. The lowest BCUT2D eigenvalue weighted by atomic mass is 10.1. The summed E-state index contributed by atoms with van der Waals surface area (Å²) in [6.45, 7) is 7.53. The highest BCUT2D eigenvalue weighted by atomic mass is 16.7. The summed E-state index contributed by atoms with van der Waals surface area (Å²) in [5.41, 5.74) is 1.14. The molecule has 0 spiro atoms.